The van der Waals surface area contributed by atoms with Crippen LogP contribution in [0, 0.1) is 0 Å². The minimum atomic E-state index is -0.430. The quantitative estimate of drug-likeness (QED) is 0.887. The molecule has 0 spiro atoms. The Bertz CT molecular complexity index is 579. The van der Waals surface area contributed by atoms with Crippen LogP contribution in [0.1, 0.15) is 17.0 Å². The first kappa shape index (κ1) is 11.9. The smallest absolute Gasteiger partial charge is 0.292 e. The molecule has 2 aromatic rings. The summed E-state index contributed by atoms with van der Waals surface area (Å²) in [7, 11) is 0. The van der Waals surface area contributed by atoms with Gasteiger partial charge in [-0.15, -0.1) is 0 Å². The molecule has 1 fully saturated rings. The number of amides is 1. The van der Waals surface area contributed by atoms with E-state index in [2.05, 4.69) is 5.16 Å². The van der Waals surface area contributed by atoms with Gasteiger partial charge in [0, 0.05) is 24.7 Å². The van der Waals surface area contributed by atoms with Gasteiger partial charge in [-0.05, 0) is 6.42 Å². The van der Waals surface area contributed by atoms with Crippen LogP contribution in [-0.2, 0) is 0 Å². The fraction of sp³-hybridized carbons (Fsp3) is 0.286. The van der Waals surface area contributed by atoms with Gasteiger partial charge < -0.3 is 14.5 Å². The number of aromatic nitrogens is 1. The molecule has 1 amide bonds. The molecule has 5 heteroatoms. The van der Waals surface area contributed by atoms with Gasteiger partial charge in [-0.2, -0.15) is 0 Å². The van der Waals surface area contributed by atoms with Crippen molar-refractivity contribution in [2.45, 2.75) is 12.5 Å². The van der Waals surface area contributed by atoms with E-state index in [1.54, 1.807) is 11.0 Å². The Kier molecular flexibility index (Phi) is 3.05. The Morgan fingerprint density at radius 1 is 1.37 bits per heavy atom. The molecule has 98 valence electrons. The van der Waals surface area contributed by atoms with Crippen molar-refractivity contribution < 1.29 is 14.4 Å². The van der Waals surface area contributed by atoms with Crippen molar-refractivity contribution in [2.75, 3.05) is 13.1 Å². The fourth-order valence-electron chi connectivity index (χ4n) is 2.20. The Morgan fingerprint density at radius 2 is 2.16 bits per heavy atom. The highest BCUT2D eigenvalue weighted by atomic mass is 16.5. The van der Waals surface area contributed by atoms with Crippen molar-refractivity contribution in [3.8, 4) is 11.3 Å². The van der Waals surface area contributed by atoms with Crippen molar-refractivity contribution in [3.63, 3.8) is 0 Å². The van der Waals surface area contributed by atoms with Gasteiger partial charge in [0.25, 0.3) is 5.91 Å². The number of β-amino-alcohol motifs (C(OH)–C–C–N with tert-alkyl or cyclic N) is 1. The Morgan fingerprint density at radius 3 is 2.84 bits per heavy atom. The van der Waals surface area contributed by atoms with Crippen molar-refractivity contribution in [2.24, 2.45) is 0 Å². The minimum Gasteiger partial charge on any atom is -0.391 e. The van der Waals surface area contributed by atoms with Crippen molar-refractivity contribution in [3.05, 3.63) is 42.2 Å². The van der Waals surface area contributed by atoms with E-state index in [1.165, 1.54) is 0 Å². The normalized spacial score (nSPS) is 18.8. The third-order valence-corrected chi connectivity index (χ3v) is 3.24. The molecule has 5 nitrogen and oxygen atoms in total. The topological polar surface area (TPSA) is 66.6 Å². The number of hydrogen-bond donors (Lipinski definition) is 1. The summed E-state index contributed by atoms with van der Waals surface area (Å²) < 4.78 is 5.11. The molecule has 0 unspecified atom stereocenters. The van der Waals surface area contributed by atoms with E-state index < -0.39 is 6.10 Å². The summed E-state index contributed by atoms with van der Waals surface area (Å²) >= 11 is 0. The zero-order valence-electron chi connectivity index (χ0n) is 10.3. The molecule has 1 aliphatic heterocycles. The number of aliphatic hydroxyl groups is 1. The maximum Gasteiger partial charge on any atom is 0.292 e. The van der Waals surface area contributed by atoms with Gasteiger partial charge in [-0.25, -0.2) is 0 Å². The van der Waals surface area contributed by atoms with E-state index in [0.29, 0.717) is 25.2 Å². The summed E-state index contributed by atoms with van der Waals surface area (Å²) in [5.74, 6) is -0.000755. The zero-order chi connectivity index (χ0) is 13.2. The molecule has 1 atom stereocenters. The molecular formula is C14H14N2O3. The lowest BCUT2D eigenvalue weighted by atomic mass is 10.1. The van der Waals surface area contributed by atoms with Gasteiger partial charge >= 0.3 is 0 Å². The van der Waals surface area contributed by atoms with Crippen molar-refractivity contribution >= 4 is 5.91 Å². The molecule has 1 aliphatic rings. The number of likely N-dealkylation sites (tertiary alicyclic amines) is 1. The van der Waals surface area contributed by atoms with Gasteiger partial charge in [-0.1, -0.05) is 35.5 Å². The third-order valence-electron chi connectivity index (χ3n) is 3.24. The number of aliphatic hydroxyl groups excluding tert-OH is 1. The fourth-order valence-corrected chi connectivity index (χ4v) is 2.20. The number of rotatable bonds is 2. The van der Waals surface area contributed by atoms with E-state index in [0.717, 1.165) is 5.56 Å². The van der Waals surface area contributed by atoms with Gasteiger partial charge in [0.05, 0.1) is 6.10 Å². The van der Waals surface area contributed by atoms with Gasteiger partial charge in [-0.3, -0.25) is 4.79 Å². The highest BCUT2D eigenvalue weighted by Gasteiger charge is 2.27. The first-order valence-electron chi connectivity index (χ1n) is 6.23. The van der Waals surface area contributed by atoms with E-state index in [9.17, 15) is 9.90 Å². The minimum absolute atomic E-state index is 0.216. The number of carbonyl (C=O) groups is 1. The summed E-state index contributed by atoms with van der Waals surface area (Å²) in [5, 5.41) is 13.4. The van der Waals surface area contributed by atoms with E-state index in [-0.39, 0.29) is 11.7 Å². The largest absolute Gasteiger partial charge is 0.391 e. The van der Waals surface area contributed by atoms with Crippen LogP contribution in [0.15, 0.2) is 40.9 Å². The van der Waals surface area contributed by atoms with Gasteiger partial charge in [0.2, 0.25) is 5.76 Å². The molecule has 0 radical (unpaired) electrons. The second-order valence-corrected chi connectivity index (χ2v) is 4.64. The molecule has 1 aromatic carbocycles. The number of nitrogens with zero attached hydrogens (tertiary/aromatic N) is 2. The molecule has 3 rings (SSSR count). The predicted molar refractivity (Wildman–Crippen MR) is 68.5 cm³/mol. The van der Waals surface area contributed by atoms with E-state index in [4.69, 9.17) is 4.52 Å². The van der Waals surface area contributed by atoms with Crippen LogP contribution < -0.4 is 0 Å². The van der Waals surface area contributed by atoms with Gasteiger partial charge in [0.1, 0.15) is 5.69 Å². The molecule has 1 saturated heterocycles. The van der Waals surface area contributed by atoms with Crippen molar-refractivity contribution in [1.29, 1.82) is 0 Å². The molecular weight excluding hydrogens is 244 g/mol. The van der Waals surface area contributed by atoms with E-state index >= 15 is 0 Å². The monoisotopic (exact) mass is 258 g/mol. The summed E-state index contributed by atoms with van der Waals surface area (Å²) in [6, 6.07) is 11.2. The second-order valence-electron chi connectivity index (χ2n) is 4.64. The van der Waals surface area contributed by atoms with Crippen LogP contribution in [0.4, 0.5) is 0 Å². The average Bonchev–Trinajstić information content (AvgIpc) is 3.08. The molecule has 0 saturated carbocycles. The summed E-state index contributed by atoms with van der Waals surface area (Å²) in [5.41, 5.74) is 1.55. The Labute approximate surface area is 110 Å². The highest BCUT2D eigenvalue weighted by Crippen LogP contribution is 2.20. The van der Waals surface area contributed by atoms with Crippen LogP contribution >= 0.6 is 0 Å². The van der Waals surface area contributed by atoms with Crippen LogP contribution in [-0.4, -0.2) is 40.3 Å². The Balaban J connectivity index is 1.80. The summed E-state index contributed by atoms with van der Waals surface area (Å²) in [6.45, 7) is 0.918. The molecule has 0 bridgehead atoms. The lowest BCUT2D eigenvalue weighted by molar-refractivity contribution is 0.0724. The van der Waals surface area contributed by atoms with Crippen LogP contribution in [0.25, 0.3) is 11.3 Å². The molecule has 1 aromatic heterocycles. The third kappa shape index (κ3) is 2.37. The number of hydrogen-bond acceptors (Lipinski definition) is 4. The van der Waals surface area contributed by atoms with Crippen LogP contribution in [0.5, 0.6) is 0 Å². The standard InChI is InChI=1S/C14H14N2O3/c17-11-6-7-16(9-11)14(18)13-8-12(15-19-13)10-4-2-1-3-5-10/h1-5,8,11,17H,6-7,9H2/t11-/m0/s1. The first-order valence-corrected chi connectivity index (χ1v) is 6.23. The maximum atomic E-state index is 12.1. The average molecular weight is 258 g/mol. The molecule has 2 heterocycles. The number of benzene rings is 1. The number of carbonyl (C=O) groups excluding carboxylic acids is 1. The highest BCUT2D eigenvalue weighted by molar-refractivity contribution is 5.92. The summed E-state index contributed by atoms with van der Waals surface area (Å²) in [4.78, 5) is 13.7. The van der Waals surface area contributed by atoms with Crippen LogP contribution in [0.3, 0.4) is 0 Å². The van der Waals surface area contributed by atoms with Gasteiger partial charge in [0.15, 0.2) is 0 Å². The van der Waals surface area contributed by atoms with E-state index in [1.807, 2.05) is 30.3 Å². The summed E-state index contributed by atoms with van der Waals surface area (Å²) in [6.07, 6.45) is 0.186. The maximum absolute atomic E-state index is 12.1. The second kappa shape index (κ2) is 4.85. The first-order chi connectivity index (χ1) is 9.24. The molecule has 0 aliphatic carbocycles. The Hall–Kier alpha value is -2.14. The predicted octanol–water partition coefficient (Wildman–Crippen LogP) is 1.55. The molecule has 19 heavy (non-hydrogen) atoms. The van der Waals surface area contributed by atoms with Crippen molar-refractivity contribution in [1.82, 2.24) is 10.1 Å². The molecule has 1 N–H and O–H groups in total. The zero-order valence-corrected chi connectivity index (χ0v) is 10.3. The lowest BCUT2D eigenvalue weighted by Crippen LogP contribution is -2.29. The SMILES string of the molecule is O=C(c1cc(-c2ccccc2)no1)N1CC[C@H](O)C1. The van der Waals surface area contributed by atoms with Crippen LogP contribution in [0.2, 0.25) is 0 Å². The lowest BCUT2D eigenvalue weighted by Gasteiger charge is -2.12.